The van der Waals surface area contributed by atoms with E-state index in [0.717, 1.165) is 12.5 Å². The van der Waals surface area contributed by atoms with Crippen LogP contribution in [0.25, 0.3) is 0 Å². The zero-order chi connectivity index (χ0) is 10.4. The summed E-state index contributed by atoms with van der Waals surface area (Å²) in [7, 11) is 1.65. The SMILES string of the molecule is COCCNCC(=O)NC(C)C1CC1.Cl. The molecule has 0 saturated heterocycles. The number of hydrogen-bond acceptors (Lipinski definition) is 3. The van der Waals surface area contributed by atoms with E-state index in [9.17, 15) is 4.79 Å². The van der Waals surface area contributed by atoms with Gasteiger partial charge in [0.2, 0.25) is 5.91 Å². The summed E-state index contributed by atoms with van der Waals surface area (Å²) in [5.74, 6) is 0.804. The first-order valence-corrected chi connectivity index (χ1v) is 5.23. The normalized spacial score (nSPS) is 16.7. The van der Waals surface area contributed by atoms with Gasteiger partial charge in [0.1, 0.15) is 0 Å². The van der Waals surface area contributed by atoms with Crippen molar-refractivity contribution in [3.63, 3.8) is 0 Å². The second kappa shape index (κ2) is 7.91. The van der Waals surface area contributed by atoms with E-state index in [1.165, 1.54) is 12.8 Å². The fourth-order valence-corrected chi connectivity index (χ4v) is 1.40. The van der Waals surface area contributed by atoms with E-state index in [-0.39, 0.29) is 18.3 Å². The van der Waals surface area contributed by atoms with Crippen LogP contribution in [0.5, 0.6) is 0 Å². The number of hydrogen-bond donors (Lipinski definition) is 2. The Kier molecular flexibility index (Phi) is 7.74. The molecule has 1 aliphatic rings. The number of amides is 1. The lowest BCUT2D eigenvalue weighted by Crippen LogP contribution is -2.40. The van der Waals surface area contributed by atoms with Crippen LogP contribution in [-0.2, 0) is 9.53 Å². The molecule has 0 aliphatic heterocycles. The van der Waals surface area contributed by atoms with Crippen LogP contribution < -0.4 is 10.6 Å². The highest BCUT2D eigenvalue weighted by Gasteiger charge is 2.28. The Morgan fingerprint density at radius 2 is 2.20 bits per heavy atom. The number of methoxy groups -OCH3 is 1. The third-order valence-electron chi connectivity index (χ3n) is 2.49. The minimum Gasteiger partial charge on any atom is -0.383 e. The topological polar surface area (TPSA) is 50.4 Å². The second-order valence-electron chi connectivity index (χ2n) is 3.86. The first kappa shape index (κ1) is 14.7. The lowest BCUT2D eigenvalue weighted by atomic mass is 10.2. The molecular formula is C10H21ClN2O2. The molecule has 5 heteroatoms. The molecule has 0 aromatic rings. The van der Waals surface area contributed by atoms with E-state index in [1.807, 2.05) is 0 Å². The van der Waals surface area contributed by atoms with Gasteiger partial charge < -0.3 is 15.4 Å². The number of rotatable bonds is 7. The van der Waals surface area contributed by atoms with Gasteiger partial charge in [-0.05, 0) is 25.7 Å². The molecule has 1 saturated carbocycles. The smallest absolute Gasteiger partial charge is 0.234 e. The summed E-state index contributed by atoms with van der Waals surface area (Å²) in [4.78, 5) is 11.3. The second-order valence-corrected chi connectivity index (χ2v) is 3.86. The highest BCUT2D eigenvalue weighted by molar-refractivity contribution is 5.85. The summed E-state index contributed by atoms with van der Waals surface area (Å²) in [6.07, 6.45) is 2.52. The van der Waals surface area contributed by atoms with Crippen molar-refractivity contribution in [1.82, 2.24) is 10.6 Å². The van der Waals surface area contributed by atoms with Crippen molar-refractivity contribution < 1.29 is 9.53 Å². The van der Waals surface area contributed by atoms with Gasteiger partial charge in [0.05, 0.1) is 13.2 Å². The van der Waals surface area contributed by atoms with Crippen molar-refractivity contribution >= 4 is 18.3 Å². The highest BCUT2D eigenvalue weighted by atomic mass is 35.5. The maximum atomic E-state index is 11.3. The molecule has 0 spiro atoms. The molecule has 2 N–H and O–H groups in total. The first-order valence-electron chi connectivity index (χ1n) is 5.23. The van der Waals surface area contributed by atoms with E-state index >= 15 is 0 Å². The maximum Gasteiger partial charge on any atom is 0.234 e. The van der Waals surface area contributed by atoms with Crippen LogP contribution in [0.4, 0.5) is 0 Å². The zero-order valence-electron chi connectivity index (χ0n) is 9.41. The van der Waals surface area contributed by atoms with Crippen LogP contribution in [0.15, 0.2) is 0 Å². The van der Waals surface area contributed by atoms with Crippen molar-refractivity contribution in [2.45, 2.75) is 25.8 Å². The fraction of sp³-hybridized carbons (Fsp3) is 0.900. The largest absolute Gasteiger partial charge is 0.383 e. The molecule has 4 nitrogen and oxygen atoms in total. The summed E-state index contributed by atoms with van der Waals surface area (Å²) < 4.78 is 4.86. The molecule has 1 unspecified atom stereocenters. The van der Waals surface area contributed by atoms with Crippen molar-refractivity contribution in [3.05, 3.63) is 0 Å². The quantitative estimate of drug-likeness (QED) is 0.635. The van der Waals surface area contributed by atoms with Gasteiger partial charge in [-0.15, -0.1) is 12.4 Å². The predicted octanol–water partition coefficient (Wildman–Crippen LogP) is 0.559. The van der Waals surface area contributed by atoms with Gasteiger partial charge in [-0.3, -0.25) is 4.79 Å². The van der Waals surface area contributed by atoms with Crippen LogP contribution in [-0.4, -0.2) is 38.8 Å². The maximum absolute atomic E-state index is 11.3. The fourth-order valence-electron chi connectivity index (χ4n) is 1.40. The predicted molar refractivity (Wildman–Crippen MR) is 62.3 cm³/mol. The van der Waals surface area contributed by atoms with Crippen LogP contribution in [0.2, 0.25) is 0 Å². The van der Waals surface area contributed by atoms with E-state index in [4.69, 9.17) is 4.74 Å². The molecule has 1 atom stereocenters. The lowest BCUT2D eigenvalue weighted by Gasteiger charge is -2.12. The standard InChI is InChI=1S/C10H20N2O2.ClH/c1-8(9-3-4-9)12-10(13)7-11-5-6-14-2;/h8-9,11H,3-7H2,1-2H3,(H,12,13);1H. The van der Waals surface area contributed by atoms with E-state index in [0.29, 0.717) is 19.2 Å². The number of carbonyl (C=O) groups is 1. The zero-order valence-corrected chi connectivity index (χ0v) is 10.2. The van der Waals surface area contributed by atoms with E-state index < -0.39 is 0 Å². The monoisotopic (exact) mass is 236 g/mol. The third kappa shape index (κ3) is 6.71. The Morgan fingerprint density at radius 3 is 2.73 bits per heavy atom. The van der Waals surface area contributed by atoms with Gasteiger partial charge in [0.15, 0.2) is 0 Å². The minimum atomic E-state index is 0. The Hall–Kier alpha value is -0.320. The van der Waals surface area contributed by atoms with Crippen molar-refractivity contribution in [2.24, 2.45) is 5.92 Å². The lowest BCUT2D eigenvalue weighted by molar-refractivity contribution is -0.121. The number of ether oxygens (including phenoxy) is 1. The molecule has 1 rings (SSSR count). The Bertz CT molecular complexity index is 186. The van der Waals surface area contributed by atoms with Crippen LogP contribution in [0, 0.1) is 5.92 Å². The van der Waals surface area contributed by atoms with Crippen LogP contribution in [0.1, 0.15) is 19.8 Å². The average Bonchev–Trinajstić information content (AvgIpc) is 2.95. The summed E-state index contributed by atoms with van der Waals surface area (Å²) in [5, 5.41) is 5.99. The molecule has 1 aliphatic carbocycles. The summed E-state index contributed by atoms with van der Waals surface area (Å²) in [5.41, 5.74) is 0. The van der Waals surface area contributed by atoms with Gasteiger partial charge in [0, 0.05) is 19.7 Å². The minimum absolute atomic E-state index is 0. The Labute approximate surface area is 97.5 Å². The molecule has 0 heterocycles. The molecule has 1 amide bonds. The van der Waals surface area contributed by atoms with Gasteiger partial charge in [-0.1, -0.05) is 0 Å². The summed E-state index contributed by atoms with van der Waals surface area (Å²) >= 11 is 0. The van der Waals surface area contributed by atoms with Crippen LogP contribution in [0.3, 0.4) is 0 Å². The summed E-state index contributed by atoms with van der Waals surface area (Å²) in [6.45, 7) is 3.83. The molecular weight excluding hydrogens is 216 g/mol. The van der Waals surface area contributed by atoms with Crippen molar-refractivity contribution in [3.8, 4) is 0 Å². The van der Waals surface area contributed by atoms with Crippen molar-refractivity contribution in [2.75, 3.05) is 26.8 Å². The third-order valence-corrected chi connectivity index (χ3v) is 2.49. The van der Waals surface area contributed by atoms with Gasteiger partial charge in [-0.2, -0.15) is 0 Å². The van der Waals surface area contributed by atoms with E-state index in [2.05, 4.69) is 17.6 Å². The Morgan fingerprint density at radius 1 is 1.53 bits per heavy atom. The van der Waals surface area contributed by atoms with Crippen LogP contribution >= 0.6 is 12.4 Å². The molecule has 0 radical (unpaired) electrons. The molecule has 0 bridgehead atoms. The van der Waals surface area contributed by atoms with Gasteiger partial charge >= 0.3 is 0 Å². The number of halogens is 1. The molecule has 15 heavy (non-hydrogen) atoms. The highest BCUT2D eigenvalue weighted by Crippen LogP contribution is 2.32. The first-order chi connectivity index (χ1) is 6.74. The van der Waals surface area contributed by atoms with Gasteiger partial charge in [0.25, 0.3) is 0 Å². The molecule has 90 valence electrons. The van der Waals surface area contributed by atoms with Gasteiger partial charge in [-0.25, -0.2) is 0 Å². The molecule has 0 aromatic heterocycles. The average molecular weight is 237 g/mol. The van der Waals surface area contributed by atoms with Crippen molar-refractivity contribution in [1.29, 1.82) is 0 Å². The number of carbonyl (C=O) groups excluding carboxylic acids is 1. The number of nitrogens with one attached hydrogen (secondary N) is 2. The summed E-state index contributed by atoms with van der Waals surface area (Å²) in [6, 6.07) is 0.340. The molecule has 0 aromatic carbocycles. The van der Waals surface area contributed by atoms with E-state index in [1.54, 1.807) is 7.11 Å². The Balaban J connectivity index is 0.00000196. The molecule has 1 fully saturated rings.